The van der Waals surface area contributed by atoms with E-state index in [2.05, 4.69) is 20.6 Å². The van der Waals surface area contributed by atoms with Crippen LogP contribution in [-0.2, 0) is 11.3 Å². The van der Waals surface area contributed by atoms with Crippen LogP contribution in [0.2, 0.25) is 0 Å². The molecule has 3 aromatic rings. The molecule has 7 nitrogen and oxygen atoms in total. The fraction of sp³-hybridized carbons (Fsp3) is 0.375. The summed E-state index contributed by atoms with van der Waals surface area (Å²) in [5.41, 5.74) is 2.00. The van der Waals surface area contributed by atoms with E-state index in [1.54, 1.807) is 0 Å². The molecule has 3 N–H and O–H groups in total. The molecule has 0 bridgehead atoms. The van der Waals surface area contributed by atoms with E-state index >= 15 is 0 Å². The zero-order chi connectivity index (χ0) is 21.9. The van der Waals surface area contributed by atoms with E-state index in [0.717, 1.165) is 66.0 Å². The summed E-state index contributed by atoms with van der Waals surface area (Å²) in [5, 5.41) is 7.61. The van der Waals surface area contributed by atoms with Gasteiger partial charge < -0.3 is 25.1 Å². The molecule has 1 saturated carbocycles. The molecular weight excluding hydrogens is 424 g/mol. The van der Waals surface area contributed by atoms with Crippen LogP contribution in [0.25, 0.3) is 10.9 Å². The first-order valence-corrected chi connectivity index (χ1v) is 11.5. The molecule has 5 rings (SSSR count). The molecule has 8 heteroatoms. The van der Waals surface area contributed by atoms with E-state index in [-0.39, 0.29) is 18.6 Å². The minimum atomic E-state index is 0.0739. The first-order chi connectivity index (χ1) is 15.7. The number of aromatic amines is 1. The van der Waals surface area contributed by atoms with Crippen LogP contribution < -0.4 is 20.1 Å². The molecule has 2 heterocycles. The van der Waals surface area contributed by atoms with Crippen LogP contribution in [0.15, 0.2) is 42.5 Å². The number of nitrogens with one attached hydrogen (secondary N) is 3. The highest BCUT2D eigenvalue weighted by molar-refractivity contribution is 7.71. The van der Waals surface area contributed by atoms with E-state index in [1.807, 2.05) is 42.5 Å². The average Bonchev–Trinajstić information content (AvgIpc) is 3.29. The second kappa shape index (κ2) is 9.16. The molecule has 2 aliphatic rings. The van der Waals surface area contributed by atoms with Gasteiger partial charge >= 0.3 is 0 Å². The lowest BCUT2D eigenvalue weighted by Gasteiger charge is -2.28. The van der Waals surface area contributed by atoms with E-state index in [1.165, 1.54) is 0 Å². The normalized spacial score (nSPS) is 19.6. The Kier molecular flexibility index (Phi) is 5.94. The summed E-state index contributed by atoms with van der Waals surface area (Å²) in [4.78, 5) is 20.3. The lowest BCUT2D eigenvalue weighted by atomic mass is 9.81. The van der Waals surface area contributed by atoms with Gasteiger partial charge in [-0.2, -0.15) is 0 Å². The molecule has 0 spiro atoms. The SMILES string of the molecule is O=C(NCc1ccc2c(c1)OCO2)C1CCC(CNc2nc(=S)[nH]c3ccccc23)CC1. The third-order valence-corrected chi connectivity index (χ3v) is 6.51. The van der Waals surface area contributed by atoms with Gasteiger partial charge in [-0.05, 0) is 73.6 Å². The summed E-state index contributed by atoms with van der Waals surface area (Å²) in [7, 11) is 0. The number of anilines is 1. The second-order valence-corrected chi connectivity index (χ2v) is 8.83. The van der Waals surface area contributed by atoms with Crippen molar-refractivity contribution in [2.24, 2.45) is 11.8 Å². The molecule has 0 unspecified atom stereocenters. The molecule has 1 aromatic heterocycles. The van der Waals surface area contributed by atoms with E-state index in [4.69, 9.17) is 21.7 Å². The predicted molar refractivity (Wildman–Crippen MR) is 125 cm³/mol. The second-order valence-electron chi connectivity index (χ2n) is 8.44. The van der Waals surface area contributed by atoms with Crippen molar-refractivity contribution >= 4 is 34.8 Å². The zero-order valence-corrected chi connectivity index (χ0v) is 18.5. The number of carbonyl (C=O) groups is 1. The summed E-state index contributed by atoms with van der Waals surface area (Å²) in [5.74, 6) is 3.05. The Morgan fingerprint density at radius 3 is 2.78 bits per heavy atom. The van der Waals surface area contributed by atoms with E-state index in [9.17, 15) is 4.79 Å². The maximum Gasteiger partial charge on any atom is 0.231 e. The first kappa shape index (κ1) is 20.8. The maximum atomic E-state index is 12.7. The number of fused-ring (bicyclic) bond motifs is 2. The van der Waals surface area contributed by atoms with Gasteiger partial charge in [0.2, 0.25) is 12.7 Å². The van der Waals surface area contributed by atoms with Crippen molar-refractivity contribution in [3.05, 3.63) is 52.8 Å². The van der Waals surface area contributed by atoms with Crippen molar-refractivity contribution in [1.82, 2.24) is 15.3 Å². The fourth-order valence-corrected chi connectivity index (χ4v) is 4.69. The van der Waals surface area contributed by atoms with Crippen LogP contribution in [0, 0.1) is 16.6 Å². The summed E-state index contributed by atoms with van der Waals surface area (Å²) in [6.45, 7) is 1.60. The minimum Gasteiger partial charge on any atom is -0.454 e. The third-order valence-electron chi connectivity index (χ3n) is 6.32. The Labute approximate surface area is 191 Å². The lowest BCUT2D eigenvalue weighted by molar-refractivity contribution is -0.126. The smallest absolute Gasteiger partial charge is 0.231 e. The maximum absolute atomic E-state index is 12.7. The standard InChI is InChI=1S/C24H26N4O3S/c29-23(26-13-16-7-10-20-21(11-16)31-14-30-20)17-8-5-15(6-9-17)12-25-22-18-3-1-2-4-19(18)27-24(32)28-22/h1-4,7,10-11,15,17H,5-6,8-9,12-14H2,(H,26,29)(H2,25,27,28,32). The Bertz CT molecular complexity index is 1190. The Hall–Kier alpha value is -3.13. The predicted octanol–water partition coefficient (Wildman–Crippen LogP) is 4.56. The summed E-state index contributed by atoms with van der Waals surface area (Å²) >= 11 is 5.26. The monoisotopic (exact) mass is 450 g/mol. The van der Waals surface area contributed by atoms with Gasteiger partial charge in [-0.25, -0.2) is 4.98 Å². The Morgan fingerprint density at radius 2 is 1.91 bits per heavy atom. The number of hydrogen-bond acceptors (Lipinski definition) is 6. The number of para-hydroxylation sites is 1. The highest BCUT2D eigenvalue weighted by atomic mass is 32.1. The number of benzene rings is 2. The topological polar surface area (TPSA) is 88.3 Å². The zero-order valence-electron chi connectivity index (χ0n) is 17.7. The van der Waals surface area contributed by atoms with Crippen molar-refractivity contribution in [3.63, 3.8) is 0 Å². The number of hydrogen-bond donors (Lipinski definition) is 3. The Balaban J connectivity index is 1.10. The minimum absolute atomic E-state index is 0.0739. The average molecular weight is 451 g/mol. The molecular formula is C24H26N4O3S. The van der Waals surface area contributed by atoms with Crippen molar-refractivity contribution in [2.45, 2.75) is 32.2 Å². The van der Waals surface area contributed by atoms with Gasteiger partial charge in [-0.3, -0.25) is 4.79 Å². The summed E-state index contributed by atoms with van der Waals surface area (Å²) in [6.07, 6.45) is 3.85. The number of nitrogens with zero attached hydrogens (tertiary/aromatic N) is 1. The van der Waals surface area contributed by atoms with Gasteiger partial charge in [0.1, 0.15) is 5.82 Å². The van der Waals surface area contributed by atoms with Gasteiger partial charge in [0.15, 0.2) is 16.3 Å². The number of carbonyl (C=O) groups excluding carboxylic acids is 1. The molecule has 1 aliphatic heterocycles. The van der Waals surface area contributed by atoms with Crippen molar-refractivity contribution in [3.8, 4) is 11.5 Å². The Morgan fingerprint density at radius 1 is 1.09 bits per heavy atom. The number of ether oxygens (including phenoxy) is 2. The third kappa shape index (κ3) is 4.55. The van der Waals surface area contributed by atoms with Crippen LogP contribution in [-0.4, -0.2) is 29.2 Å². The molecule has 1 fully saturated rings. The van der Waals surface area contributed by atoms with Crippen LogP contribution in [0.3, 0.4) is 0 Å². The van der Waals surface area contributed by atoms with Gasteiger partial charge in [0.05, 0.1) is 5.52 Å². The largest absolute Gasteiger partial charge is 0.454 e. The molecule has 166 valence electrons. The van der Waals surface area contributed by atoms with Crippen LogP contribution >= 0.6 is 12.2 Å². The van der Waals surface area contributed by atoms with Crippen molar-refractivity contribution in [2.75, 3.05) is 18.7 Å². The fourth-order valence-electron chi connectivity index (χ4n) is 4.49. The van der Waals surface area contributed by atoms with Gasteiger partial charge in [-0.1, -0.05) is 18.2 Å². The molecule has 32 heavy (non-hydrogen) atoms. The summed E-state index contributed by atoms with van der Waals surface area (Å²) in [6, 6.07) is 13.8. The number of aromatic nitrogens is 2. The number of amides is 1. The van der Waals surface area contributed by atoms with Crippen LogP contribution in [0.1, 0.15) is 31.2 Å². The van der Waals surface area contributed by atoms with E-state index < -0.39 is 0 Å². The highest BCUT2D eigenvalue weighted by Gasteiger charge is 2.26. The number of H-pyrrole nitrogens is 1. The lowest BCUT2D eigenvalue weighted by Crippen LogP contribution is -2.33. The highest BCUT2D eigenvalue weighted by Crippen LogP contribution is 2.33. The molecule has 2 aromatic carbocycles. The van der Waals surface area contributed by atoms with E-state index in [0.29, 0.717) is 17.2 Å². The molecule has 1 aliphatic carbocycles. The molecule has 0 saturated heterocycles. The van der Waals surface area contributed by atoms with Gasteiger partial charge in [-0.15, -0.1) is 0 Å². The summed E-state index contributed by atoms with van der Waals surface area (Å²) < 4.78 is 11.2. The van der Waals surface area contributed by atoms with Crippen LogP contribution in [0.5, 0.6) is 11.5 Å². The van der Waals surface area contributed by atoms with Crippen molar-refractivity contribution in [1.29, 1.82) is 0 Å². The first-order valence-electron chi connectivity index (χ1n) is 11.0. The van der Waals surface area contributed by atoms with Gasteiger partial charge in [0.25, 0.3) is 0 Å². The molecule has 0 radical (unpaired) electrons. The van der Waals surface area contributed by atoms with Crippen LogP contribution in [0.4, 0.5) is 5.82 Å². The number of rotatable bonds is 6. The molecule has 1 amide bonds. The van der Waals surface area contributed by atoms with Gasteiger partial charge in [0, 0.05) is 24.4 Å². The quantitative estimate of drug-likeness (QED) is 0.478. The molecule has 0 atom stereocenters. The van der Waals surface area contributed by atoms with Crippen molar-refractivity contribution < 1.29 is 14.3 Å².